The maximum Gasteiger partial charge on any atom is 0.254 e. The van der Waals surface area contributed by atoms with Crippen molar-refractivity contribution in [2.24, 2.45) is 0 Å². The number of ether oxygens (including phenoxy) is 1. The number of carbonyl (C=O) groups excluding carboxylic acids is 1. The van der Waals surface area contributed by atoms with Crippen molar-refractivity contribution in [3.8, 4) is 5.69 Å². The normalized spacial score (nSPS) is 16.3. The number of nitrogens with zero attached hydrogens (tertiary/aromatic N) is 5. The van der Waals surface area contributed by atoms with Crippen molar-refractivity contribution >= 4 is 28.6 Å². The average Bonchev–Trinajstić information content (AvgIpc) is 3.61. The molecule has 4 aromatic rings. The van der Waals surface area contributed by atoms with Crippen LogP contribution >= 0.6 is 0 Å². The number of aromatic nitrogens is 3. The van der Waals surface area contributed by atoms with E-state index in [1.54, 1.807) is 52.2 Å². The van der Waals surface area contributed by atoms with Crippen molar-refractivity contribution in [1.82, 2.24) is 24.3 Å². The molecule has 196 valence electrons. The van der Waals surface area contributed by atoms with E-state index in [1.807, 2.05) is 0 Å². The molecule has 0 saturated carbocycles. The van der Waals surface area contributed by atoms with E-state index >= 15 is 0 Å². The number of benzene rings is 2. The molecule has 0 aliphatic carbocycles. The van der Waals surface area contributed by atoms with E-state index < -0.39 is 11.6 Å². The van der Waals surface area contributed by atoms with Gasteiger partial charge in [0.25, 0.3) is 5.91 Å². The second kappa shape index (κ2) is 10.5. The summed E-state index contributed by atoms with van der Waals surface area (Å²) in [6, 6.07) is 11.6. The molecule has 1 N–H and O–H groups in total. The van der Waals surface area contributed by atoms with E-state index in [2.05, 4.69) is 20.2 Å². The zero-order chi connectivity index (χ0) is 26.1. The molecule has 2 fully saturated rings. The molecule has 4 heterocycles. The SMILES string of the molecule is O=C(c1ccc(Nc2ncc3ccn(-c4cc(F)c(CN5CCCC5)c(F)c4)c3n2)cc1)N1CCOCC1. The Morgan fingerprint density at radius 2 is 1.68 bits per heavy atom. The van der Waals surface area contributed by atoms with Gasteiger partial charge in [-0.1, -0.05) is 0 Å². The van der Waals surface area contributed by atoms with Crippen LogP contribution in [0.5, 0.6) is 0 Å². The molecule has 2 aliphatic rings. The standard InChI is InChI=1S/C28H28F2N6O2/c29-24-15-22(16-25(30)23(24)18-34-8-1-2-9-34)36-10-7-20-17-31-28(33-26(20)36)32-21-5-3-19(4-6-21)27(37)35-11-13-38-14-12-35/h3-7,10,15-17H,1-2,8-9,11-14,18H2,(H,31,32,33). The summed E-state index contributed by atoms with van der Waals surface area (Å²) >= 11 is 0. The number of rotatable bonds is 6. The Morgan fingerprint density at radius 1 is 0.974 bits per heavy atom. The van der Waals surface area contributed by atoms with E-state index in [0.717, 1.165) is 31.3 Å². The molecule has 0 bridgehead atoms. The van der Waals surface area contributed by atoms with Crippen molar-refractivity contribution in [2.75, 3.05) is 44.7 Å². The smallest absolute Gasteiger partial charge is 0.254 e. The van der Waals surface area contributed by atoms with Gasteiger partial charge < -0.3 is 19.5 Å². The van der Waals surface area contributed by atoms with E-state index in [-0.39, 0.29) is 18.0 Å². The zero-order valence-electron chi connectivity index (χ0n) is 20.9. The fraction of sp³-hybridized carbons (Fsp3) is 0.321. The third-order valence-electron chi connectivity index (χ3n) is 7.10. The van der Waals surface area contributed by atoms with Crippen LogP contribution in [0.2, 0.25) is 0 Å². The maximum absolute atomic E-state index is 15.0. The number of carbonyl (C=O) groups is 1. The topological polar surface area (TPSA) is 75.5 Å². The Labute approximate surface area is 218 Å². The Hall–Kier alpha value is -3.89. The van der Waals surface area contributed by atoms with Gasteiger partial charge in [-0.25, -0.2) is 13.8 Å². The minimum Gasteiger partial charge on any atom is -0.378 e. The van der Waals surface area contributed by atoms with Crippen LogP contribution in [0.15, 0.2) is 54.9 Å². The summed E-state index contributed by atoms with van der Waals surface area (Å²) in [5, 5.41) is 3.89. The minimum absolute atomic E-state index is 0.0266. The van der Waals surface area contributed by atoms with Crippen LogP contribution in [-0.4, -0.2) is 69.6 Å². The van der Waals surface area contributed by atoms with E-state index in [1.165, 1.54) is 12.1 Å². The van der Waals surface area contributed by atoms with Crippen LogP contribution in [-0.2, 0) is 11.3 Å². The van der Waals surface area contributed by atoms with Crippen molar-refractivity contribution in [1.29, 1.82) is 0 Å². The van der Waals surface area contributed by atoms with Crippen LogP contribution in [0.3, 0.4) is 0 Å². The summed E-state index contributed by atoms with van der Waals surface area (Å²) in [7, 11) is 0. The molecule has 0 unspecified atom stereocenters. The molecule has 10 heteroatoms. The van der Waals surface area contributed by atoms with Crippen molar-refractivity contribution in [3.63, 3.8) is 0 Å². The number of amides is 1. The van der Waals surface area contributed by atoms with Gasteiger partial charge in [-0.05, 0) is 68.4 Å². The van der Waals surface area contributed by atoms with Crippen molar-refractivity contribution in [3.05, 3.63) is 77.6 Å². The van der Waals surface area contributed by atoms with Crippen molar-refractivity contribution < 1.29 is 18.3 Å². The van der Waals surface area contributed by atoms with Gasteiger partial charge in [-0.2, -0.15) is 4.98 Å². The summed E-state index contributed by atoms with van der Waals surface area (Å²) in [6.45, 7) is 4.27. The van der Waals surface area contributed by atoms with Gasteiger partial charge in [0.1, 0.15) is 17.3 Å². The summed E-state index contributed by atoms with van der Waals surface area (Å²) < 4.78 is 36.9. The molecule has 38 heavy (non-hydrogen) atoms. The van der Waals surface area contributed by atoms with Gasteiger partial charge in [-0.3, -0.25) is 9.69 Å². The van der Waals surface area contributed by atoms with Crippen LogP contribution < -0.4 is 5.32 Å². The summed E-state index contributed by atoms with van der Waals surface area (Å²) in [5.41, 5.74) is 2.28. The highest BCUT2D eigenvalue weighted by Crippen LogP contribution is 2.26. The maximum atomic E-state index is 15.0. The molecule has 6 rings (SSSR count). The van der Waals surface area contributed by atoms with Gasteiger partial charge in [0.05, 0.1) is 18.9 Å². The number of halogens is 2. The number of hydrogen-bond donors (Lipinski definition) is 1. The van der Waals surface area contributed by atoms with Crippen LogP contribution in [0.1, 0.15) is 28.8 Å². The molecule has 1 amide bonds. The lowest BCUT2D eigenvalue weighted by atomic mass is 10.1. The first-order valence-electron chi connectivity index (χ1n) is 12.8. The first kappa shape index (κ1) is 24.4. The van der Waals surface area contributed by atoms with E-state index in [4.69, 9.17) is 4.74 Å². The molecule has 0 atom stereocenters. The Bertz CT molecular complexity index is 1440. The lowest BCUT2D eigenvalue weighted by Gasteiger charge is -2.26. The molecule has 2 saturated heterocycles. The van der Waals surface area contributed by atoms with Crippen molar-refractivity contribution in [2.45, 2.75) is 19.4 Å². The zero-order valence-corrected chi connectivity index (χ0v) is 20.9. The highest BCUT2D eigenvalue weighted by atomic mass is 19.1. The van der Waals surface area contributed by atoms with Gasteiger partial charge in [0, 0.05) is 54.2 Å². The lowest BCUT2D eigenvalue weighted by Crippen LogP contribution is -2.40. The third-order valence-corrected chi connectivity index (χ3v) is 7.10. The fourth-order valence-corrected chi connectivity index (χ4v) is 5.01. The van der Waals surface area contributed by atoms with E-state index in [0.29, 0.717) is 54.8 Å². The number of fused-ring (bicyclic) bond motifs is 1. The monoisotopic (exact) mass is 518 g/mol. The Balaban J connectivity index is 1.21. The molecule has 2 aliphatic heterocycles. The van der Waals surface area contributed by atoms with Gasteiger partial charge in [0.15, 0.2) is 0 Å². The quantitative estimate of drug-likeness (QED) is 0.405. The highest BCUT2D eigenvalue weighted by Gasteiger charge is 2.20. The molecule has 0 spiro atoms. The summed E-state index contributed by atoms with van der Waals surface area (Å²) in [5.74, 6) is -0.821. The van der Waals surface area contributed by atoms with Crippen LogP contribution in [0.25, 0.3) is 16.7 Å². The van der Waals surface area contributed by atoms with E-state index in [9.17, 15) is 13.6 Å². The van der Waals surface area contributed by atoms with Gasteiger partial charge in [0.2, 0.25) is 5.95 Å². The molecule has 0 radical (unpaired) electrons. The number of hydrogen-bond acceptors (Lipinski definition) is 6. The number of nitrogens with one attached hydrogen (secondary N) is 1. The summed E-state index contributed by atoms with van der Waals surface area (Å²) in [4.78, 5) is 25.5. The minimum atomic E-state index is -0.562. The first-order valence-corrected chi connectivity index (χ1v) is 12.8. The average molecular weight is 519 g/mol. The van der Waals surface area contributed by atoms with Crippen LogP contribution in [0, 0.1) is 11.6 Å². The second-order valence-electron chi connectivity index (χ2n) is 9.64. The van der Waals surface area contributed by atoms with Gasteiger partial charge in [-0.15, -0.1) is 0 Å². The molecule has 2 aromatic carbocycles. The molecular formula is C28H28F2N6O2. The fourth-order valence-electron chi connectivity index (χ4n) is 5.01. The third kappa shape index (κ3) is 4.97. The van der Waals surface area contributed by atoms with Crippen LogP contribution in [0.4, 0.5) is 20.4 Å². The predicted molar refractivity (Wildman–Crippen MR) is 140 cm³/mol. The molecular weight excluding hydrogens is 490 g/mol. The molecule has 8 nitrogen and oxygen atoms in total. The predicted octanol–water partition coefficient (Wildman–Crippen LogP) is 4.51. The first-order chi connectivity index (χ1) is 18.5. The number of anilines is 2. The number of morpholine rings is 1. The Kier molecular flexibility index (Phi) is 6.73. The van der Waals surface area contributed by atoms with Gasteiger partial charge >= 0.3 is 0 Å². The largest absolute Gasteiger partial charge is 0.378 e. The second-order valence-corrected chi connectivity index (χ2v) is 9.64. The summed E-state index contributed by atoms with van der Waals surface area (Å²) in [6.07, 6.45) is 5.50. The Morgan fingerprint density at radius 3 is 2.39 bits per heavy atom. The highest BCUT2D eigenvalue weighted by molar-refractivity contribution is 5.94. The molecule has 2 aromatic heterocycles. The lowest BCUT2D eigenvalue weighted by molar-refractivity contribution is 0.0303. The number of likely N-dealkylation sites (tertiary alicyclic amines) is 1.